The minimum absolute atomic E-state index is 0.00117. The topological polar surface area (TPSA) is 70.7 Å². The molecule has 1 fully saturated rings. The van der Waals surface area contributed by atoms with E-state index in [-0.39, 0.29) is 17.9 Å². The van der Waals surface area contributed by atoms with Gasteiger partial charge in [-0.2, -0.15) is 0 Å². The standard InChI is InChI=1S/C25H32ClN3O3/c1-32-22-13-9-19(10-14-22)23(29-16-3-2-4-17-29)18-28-24(30)6-5-15-27-25(31)20-7-11-21(26)12-8-20/h7-14,23H,2-6,15-18H2,1H3,(H,27,31)(H,28,30). The van der Waals surface area contributed by atoms with Crippen molar-refractivity contribution in [3.8, 4) is 5.75 Å². The van der Waals surface area contributed by atoms with Crippen molar-refractivity contribution < 1.29 is 14.3 Å². The molecule has 3 rings (SSSR count). The van der Waals surface area contributed by atoms with Gasteiger partial charge < -0.3 is 15.4 Å². The second kappa shape index (κ2) is 12.5. The second-order valence-corrected chi connectivity index (χ2v) is 8.49. The number of hydrogen-bond acceptors (Lipinski definition) is 4. The van der Waals surface area contributed by atoms with Crippen LogP contribution in [0.4, 0.5) is 0 Å². The van der Waals surface area contributed by atoms with Gasteiger partial charge in [0.1, 0.15) is 5.75 Å². The van der Waals surface area contributed by atoms with Crippen LogP contribution in [-0.2, 0) is 4.79 Å². The molecule has 2 aromatic carbocycles. The number of hydrogen-bond donors (Lipinski definition) is 2. The highest BCUT2D eigenvalue weighted by atomic mass is 35.5. The average Bonchev–Trinajstić information content (AvgIpc) is 2.83. The Labute approximate surface area is 195 Å². The van der Waals surface area contributed by atoms with E-state index in [0.717, 1.165) is 18.8 Å². The highest BCUT2D eigenvalue weighted by molar-refractivity contribution is 6.30. The molecule has 2 N–H and O–H groups in total. The third-order valence-corrected chi connectivity index (χ3v) is 6.05. The molecular weight excluding hydrogens is 426 g/mol. The largest absolute Gasteiger partial charge is 0.497 e. The number of ether oxygens (including phenoxy) is 1. The van der Waals surface area contributed by atoms with Crippen LogP contribution in [0, 0.1) is 0 Å². The monoisotopic (exact) mass is 457 g/mol. The predicted octanol–water partition coefficient (Wildman–Crippen LogP) is 4.20. The predicted molar refractivity (Wildman–Crippen MR) is 127 cm³/mol. The maximum Gasteiger partial charge on any atom is 0.251 e. The molecule has 1 aliphatic heterocycles. The number of piperidine rings is 1. The summed E-state index contributed by atoms with van der Waals surface area (Å²) in [5, 5.41) is 6.53. The Morgan fingerprint density at radius 3 is 2.34 bits per heavy atom. The number of nitrogens with zero attached hydrogens (tertiary/aromatic N) is 1. The molecule has 1 heterocycles. The summed E-state index contributed by atoms with van der Waals surface area (Å²) < 4.78 is 5.28. The molecule has 0 radical (unpaired) electrons. The Kier molecular flexibility index (Phi) is 9.38. The number of nitrogens with one attached hydrogen (secondary N) is 2. The van der Waals surface area contributed by atoms with Gasteiger partial charge in [-0.25, -0.2) is 0 Å². The van der Waals surface area contributed by atoms with Gasteiger partial charge in [-0.3, -0.25) is 14.5 Å². The lowest BCUT2D eigenvalue weighted by Gasteiger charge is -2.35. The van der Waals surface area contributed by atoms with Crippen molar-refractivity contribution >= 4 is 23.4 Å². The molecule has 2 amide bonds. The third-order valence-electron chi connectivity index (χ3n) is 5.80. The van der Waals surface area contributed by atoms with Gasteiger partial charge in [-0.05, 0) is 74.3 Å². The van der Waals surface area contributed by atoms with E-state index < -0.39 is 0 Å². The zero-order valence-corrected chi connectivity index (χ0v) is 19.4. The van der Waals surface area contributed by atoms with Gasteiger partial charge in [0.05, 0.1) is 13.2 Å². The van der Waals surface area contributed by atoms with Crippen molar-refractivity contribution in [2.24, 2.45) is 0 Å². The molecule has 0 bridgehead atoms. The van der Waals surface area contributed by atoms with Gasteiger partial charge >= 0.3 is 0 Å². The first-order valence-electron chi connectivity index (χ1n) is 11.3. The van der Waals surface area contributed by atoms with E-state index in [0.29, 0.717) is 36.5 Å². The fourth-order valence-corrected chi connectivity index (χ4v) is 4.09. The molecule has 0 spiro atoms. The Morgan fingerprint density at radius 2 is 1.69 bits per heavy atom. The number of carbonyl (C=O) groups is 2. The fraction of sp³-hybridized carbons (Fsp3) is 0.440. The van der Waals surface area contributed by atoms with Crippen molar-refractivity contribution in [1.29, 1.82) is 0 Å². The summed E-state index contributed by atoms with van der Waals surface area (Å²) in [5.74, 6) is 0.670. The van der Waals surface area contributed by atoms with Crippen LogP contribution in [0.1, 0.15) is 54.1 Å². The number of carbonyl (C=O) groups excluding carboxylic acids is 2. The molecule has 6 nitrogen and oxygen atoms in total. The lowest BCUT2D eigenvalue weighted by atomic mass is 10.0. The lowest BCUT2D eigenvalue weighted by molar-refractivity contribution is -0.121. The molecule has 0 saturated carbocycles. The van der Waals surface area contributed by atoms with Gasteiger partial charge in [0.15, 0.2) is 0 Å². The van der Waals surface area contributed by atoms with Crippen LogP contribution in [0.5, 0.6) is 5.75 Å². The van der Waals surface area contributed by atoms with E-state index >= 15 is 0 Å². The number of methoxy groups -OCH3 is 1. The summed E-state index contributed by atoms with van der Waals surface area (Å²) in [5.41, 5.74) is 1.74. The van der Waals surface area contributed by atoms with Crippen LogP contribution < -0.4 is 15.4 Å². The summed E-state index contributed by atoms with van der Waals surface area (Å²) in [4.78, 5) is 27.0. The van der Waals surface area contributed by atoms with Gasteiger partial charge in [0.25, 0.3) is 5.91 Å². The van der Waals surface area contributed by atoms with E-state index in [1.807, 2.05) is 12.1 Å². The highest BCUT2D eigenvalue weighted by Crippen LogP contribution is 2.26. The SMILES string of the molecule is COc1ccc(C(CNC(=O)CCCNC(=O)c2ccc(Cl)cc2)N2CCCCC2)cc1. The minimum Gasteiger partial charge on any atom is -0.497 e. The van der Waals surface area contributed by atoms with Crippen molar-refractivity contribution in [2.75, 3.05) is 33.3 Å². The Morgan fingerprint density at radius 1 is 1.00 bits per heavy atom. The Hall–Kier alpha value is -2.57. The molecule has 172 valence electrons. The molecule has 0 aliphatic carbocycles. The summed E-state index contributed by atoms with van der Waals surface area (Å²) in [7, 11) is 1.66. The zero-order valence-electron chi connectivity index (χ0n) is 18.6. The van der Waals surface area contributed by atoms with E-state index in [1.165, 1.54) is 24.8 Å². The number of halogens is 1. The van der Waals surface area contributed by atoms with Crippen molar-refractivity contribution in [3.63, 3.8) is 0 Å². The number of likely N-dealkylation sites (tertiary alicyclic amines) is 1. The number of benzene rings is 2. The van der Waals surface area contributed by atoms with Crippen LogP contribution in [0.25, 0.3) is 0 Å². The molecule has 1 unspecified atom stereocenters. The van der Waals surface area contributed by atoms with Crippen LogP contribution in [0.15, 0.2) is 48.5 Å². The molecular formula is C25H32ClN3O3. The number of amides is 2. The van der Waals surface area contributed by atoms with Crippen molar-refractivity contribution in [3.05, 3.63) is 64.7 Å². The summed E-state index contributed by atoms with van der Waals surface area (Å²) >= 11 is 5.85. The molecule has 32 heavy (non-hydrogen) atoms. The average molecular weight is 458 g/mol. The summed E-state index contributed by atoms with van der Waals surface area (Å²) in [6.45, 7) is 3.11. The van der Waals surface area contributed by atoms with E-state index in [9.17, 15) is 9.59 Å². The normalized spacial score (nSPS) is 15.1. The Bertz CT molecular complexity index is 865. The minimum atomic E-state index is -0.160. The molecule has 1 saturated heterocycles. The Balaban J connectivity index is 1.45. The summed E-state index contributed by atoms with van der Waals surface area (Å²) in [6, 6.07) is 15.0. The van der Waals surface area contributed by atoms with Gasteiger partial charge in [-0.1, -0.05) is 30.2 Å². The fourth-order valence-electron chi connectivity index (χ4n) is 3.97. The van der Waals surface area contributed by atoms with Crippen LogP contribution >= 0.6 is 11.6 Å². The smallest absolute Gasteiger partial charge is 0.251 e. The quantitative estimate of drug-likeness (QED) is 0.524. The van der Waals surface area contributed by atoms with Crippen molar-refractivity contribution in [1.82, 2.24) is 15.5 Å². The molecule has 7 heteroatoms. The van der Waals surface area contributed by atoms with Gasteiger partial charge in [0.2, 0.25) is 5.91 Å². The molecule has 0 aromatic heterocycles. The maximum atomic E-state index is 12.4. The number of rotatable bonds is 10. The second-order valence-electron chi connectivity index (χ2n) is 8.06. The lowest BCUT2D eigenvalue weighted by Crippen LogP contribution is -2.40. The maximum absolute atomic E-state index is 12.4. The first kappa shape index (κ1) is 24.1. The van der Waals surface area contributed by atoms with E-state index in [2.05, 4.69) is 27.7 Å². The zero-order chi connectivity index (χ0) is 22.8. The molecule has 1 aliphatic rings. The van der Waals surface area contributed by atoms with E-state index in [1.54, 1.807) is 31.4 Å². The van der Waals surface area contributed by atoms with Gasteiger partial charge in [-0.15, -0.1) is 0 Å². The summed E-state index contributed by atoms with van der Waals surface area (Å²) in [6.07, 6.45) is 4.60. The van der Waals surface area contributed by atoms with E-state index in [4.69, 9.17) is 16.3 Å². The highest BCUT2D eigenvalue weighted by Gasteiger charge is 2.23. The third kappa shape index (κ3) is 7.24. The van der Waals surface area contributed by atoms with Gasteiger partial charge in [0, 0.05) is 30.1 Å². The first-order chi connectivity index (χ1) is 15.6. The van der Waals surface area contributed by atoms with Crippen LogP contribution in [0.2, 0.25) is 5.02 Å². The molecule has 2 aromatic rings. The van der Waals surface area contributed by atoms with Crippen LogP contribution in [0.3, 0.4) is 0 Å². The first-order valence-corrected chi connectivity index (χ1v) is 11.6. The molecule has 1 atom stereocenters. The van der Waals surface area contributed by atoms with Crippen molar-refractivity contribution in [2.45, 2.75) is 38.1 Å². The van der Waals surface area contributed by atoms with Crippen LogP contribution in [-0.4, -0.2) is 50.0 Å².